The lowest BCUT2D eigenvalue weighted by Crippen LogP contribution is -2.36. The standard InChI is InChI=1S/C22H29NO6/c1-3-15(2)8-6-4-5-7-9-18(25)19-20(26)17(14-23(29)21(19)27)22(28)12-10-16(24)11-13-22/h4-9,14-16,24,26,28-29H,3,10-13H2,1-2H3/b5-4+,8-6+,9-7+. The fraction of sp³-hybridized carbons (Fsp3) is 0.455. The fourth-order valence-electron chi connectivity index (χ4n) is 3.25. The largest absolute Gasteiger partial charge is 0.506 e. The van der Waals surface area contributed by atoms with Crippen molar-refractivity contribution in [1.29, 1.82) is 0 Å². The van der Waals surface area contributed by atoms with Gasteiger partial charge < -0.3 is 20.5 Å². The Balaban J connectivity index is 2.28. The smallest absolute Gasteiger partial charge is 0.297 e. The lowest BCUT2D eigenvalue weighted by atomic mass is 9.78. The molecule has 0 saturated heterocycles. The first-order valence-electron chi connectivity index (χ1n) is 9.84. The molecule has 0 bridgehead atoms. The molecule has 0 aromatic carbocycles. The van der Waals surface area contributed by atoms with E-state index in [9.17, 15) is 30.1 Å². The second-order valence-electron chi connectivity index (χ2n) is 7.56. The van der Waals surface area contributed by atoms with Gasteiger partial charge in [0.15, 0.2) is 5.78 Å². The minimum Gasteiger partial charge on any atom is -0.506 e. The second kappa shape index (κ2) is 9.71. The molecule has 1 aliphatic carbocycles. The molecule has 1 aliphatic rings. The first kappa shape index (κ1) is 22.6. The van der Waals surface area contributed by atoms with Gasteiger partial charge in [-0.05, 0) is 37.7 Å². The Morgan fingerprint density at radius 2 is 1.90 bits per heavy atom. The monoisotopic (exact) mass is 403 g/mol. The van der Waals surface area contributed by atoms with E-state index in [2.05, 4.69) is 13.8 Å². The van der Waals surface area contributed by atoms with Gasteiger partial charge in [0.25, 0.3) is 5.56 Å². The topological polar surface area (TPSA) is 120 Å². The highest BCUT2D eigenvalue weighted by Gasteiger charge is 2.38. The van der Waals surface area contributed by atoms with Gasteiger partial charge in [-0.2, -0.15) is 4.73 Å². The number of allylic oxidation sites excluding steroid dienone is 6. The number of aliphatic hydroxyl groups is 2. The average Bonchev–Trinajstić information content (AvgIpc) is 2.69. The highest BCUT2D eigenvalue weighted by atomic mass is 16.5. The van der Waals surface area contributed by atoms with Gasteiger partial charge in [-0.3, -0.25) is 9.59 Å². The summed E-state index contributed by atoms with van der Waals surface area (Å²) in [6, 6.07) is 0. The number of aromatic nitrogens is 1. The molecular weight excluding hydrogens is 374 g/mol. The number of pyridine rings is 1. The van der Waals surface area contributed by atoms with E-state index in [-0.39, 0.29) is 23.1 Å². The first-order valence-corrected chi connectivity index (χ1v) is 9.84. The molecule has 0 aliphatic heterocycles. The summed E-state index contributed by atoms with van der Waals surface area (Å²) in [5.41, 5.74) is -3.32. The summed E-state index contributed by atoms with van der Waals surface area (Å²) in [4.78, 5) is 24.7. The zero-order valence-electron chi connectivity index (χ0n) is 16.8. The maximum absolute atomic E-state index is 12.5. The SMILES string of the molecule is CCC(C)/C=C/C=C/C=C/C(=O)c1c(O)c(C2(O)CCC(O)CC2)cn(O)c1=O. The lowest BCUT2D eigenvalue weighted by molar-refractivity contribution is -0.0389. The molecule has 2 rings (SSSR count). The first-order chi connectivity index (χ1) is 13.7. The maximum Gasteiger partial charge on any atom is 0.297 e. The van der Waals surface area contributed by atoms with Crippen LogP contribution in [0.3, 0.4) is 0 Å². The number of hydrogen-bond acceptors (Lipinski definition) is 6. The number of nitrogens with zero attached hydrogens (tertiary/aromatic N) is 1. The Labute approximate surface area is 169 Å². The van der Waals surface area contributed by atoms with E-state index in [1.54, 1.807) is 12.2 Å². The Kier molecular flexibility index (Phi) is 7.59. The van der Waals surface area contributed by atoms with Crippen LogP contribution in [0.15, 0.2) is 47.4 Å². The van der Waals surface area contributed by atoms with Crippen LogP contribution in [0.1, 0.15) is 61.9 Å². The van der Waals surface area contributed by atoms with Crippen molar-refractivity contribution < 1.29 is 25.3 Å². The van der Waals surface area contributed by atoms with Gasteiger partial charge in [-0.25, -0.2) is 0 Å². The normalized spacial score (nSPS) is 23.9. The molecule has 1 fully saturated rings. The number of ketones is 1. The summed E-state index contributed by atoms with van der Waals surface area (Å²) in [6.07, 6.45) is 12.1. The summed E-state index contributed by atoms with van der Waals surface area (Å²) >= 11 is 0. The summed E-state index contributed by atoms with van der Waals surface area (Å²) in [5.74, 6) is -0.985. The van der Waals surface area contributed by atoms with Crippen LogP contribution in [0.2, 0.25) is 0 Å². The Morgan fingerprint density at radius 1 is 1.28 bits per heavy atom. The molecule has 1 saturated carbocycles. The molecule has 4 N–H and O–H groups in total. The summed E-state index contributed by atoms with van der Waals surface area (Å²) in [7, 11) is 0. The van der Waals surface area contributed by atoms with Crippen LogP contribution in [0.5, 0.6) is 5.75 Å². The number of rotatable bonds is 7. The minimum absolute atomic E-state index is 0.102. The van der Waals surface area contributed by atoms with Gasteiger partial charge in [0.1, 0.15) is 11.3 Å². The van der Waals surface area contributed by atoms with E-state index in [0.29, 0.717) is 18.8 Å². The van der Waals surface area contributed by atoms with E-state index >= 15 is 0 Å². The highest BCUT2D eigenvalue weighted by molar-refractivity contribution is 6.06. The molecule has 1 aromatic heterocycles. The molecule has 0 radical (unpaired) electrons. The van der Waals surface area contributed by atoms with Gasteiger partial charge in [-0.15, -0.1) is 0 Å². The molecule has 0 amide bonds. The number of aromatic hydroxyl groups is 1. The van der Waals surface area contributed by atoms with Crippen LogP contribution >= 0.6 is 0 Å². The van der Waals surface area contributed by atoms with Crippen molar-refractivity contribution >= 4 is 5.78 Å². The van der Waals surface area contributed by atoms with Gasteiger partial charge in [0.2, 0.25) is 0 Å². The van der Waals surface area contributed by atoms with Crippen molar-refractivity contribution in [3.05, 3.63) is 64.1 Å². The van der Waals surface area contributed by atoms with Crippen molar-refractivity contribution in [2.75, 3.05) is 0 Å². The summed E-state index contributed by atoms with van der Waals surface area (Å²) in [5, 5.41) is 41.0. The van der Waals surface area contributed by atoms with Gasteiger partial charge in [0, 0.05) is 5.56 Å². The molecule has 1 unspecified atom stereocenters. The van der Waals surface area contributed by atoms with Crippen LogP contribution in [0.25, 0.3) is 0 Å². The zero-order valence-corrected chi connectivity index (χ0v) is 16.8. The van der Waals surface area contributed by atoms with Crippen molar-refractivity contribution in [3.8, 4) is 5.75 Å². The zero-order chi connectivity index (χ0) is 21.6. The summed E-state index contributed by atoms with van der Waals surface area (Å²) < 4.78 is 0.198. The predicted molar refractivity (Wildman–Crippen MR) is 109 cm³/mol. The molecule has 1 atom stereocenters. The van der Waals surface area contributed by atoms with Gasteiger partial charge in [0.05, 0.1) is 17.9 Å². The van der Waals surface area contributed by atoms with E-state index < -0.39 is 34.4 Å². The van der Waals surface area contributed by atoms with Crippen LogP contribution in [0, 0.1) is 5.92 Å². The molecule has 29 heavy (non-hydrogen) atoms. The summed E-state index contributed by atoms with van der Waals surface area (Å²) in [6.45, 7) is 4.16. The third kappa shape index (κ3) is 5.46. The third-order valence-corrected chi connectivity index (χ3v) is 5.36. The van der Waals surface area contributed by atoms with Crippen LogP contribution < -0.4 is 5.56 Å². The van der Waals surface area contributed by atoms with Crippen LogP contribution in [-0.4, -0.2) is 37.1 Å². The molecule has 1 heterocycles. The van der Waals surface area contributed by atoms with Gasteiger partial charge in [-0.1, -0.05) is 50.6 Å². The van der Waals surface area contributed by atoms with Crippen molar-refractivity contribution in [1.82, 2.24) is 4.73 Å². The Hall–Kier alpha value is -2.64. The molecule has 1 aromatic rings. The number of carbonyl (C=O) groups is 1. The van der Waals surface area contributed by atoms with Crippen molar-refractivity contribution in [2.24, 2.45) is 5.92 Å². The van der Waals surface area contributed by atoms with Crippen molar-refractivity contribution in [3.63, 3.8) is 0 Å². The number of carbonyl (C=O) groups excluding carboxylic acids is 1. The fourth-order valence-corrected chi connectivity index (χ4v) is 3.25. The molecule has 0 spiro atoms. The number of hydrogen-bond donors (Lipinski definition) is 4. The van der Waals surface area contributed by atoms with E-state index in [0.717, 1.165) is 18.7 Å². The minimum atomic E-state index is -1.54. The quantitative estimate of drug-likeness (QED) is 0.240. The molecule has 7 heteroatoms. The molecule has 158 valence electrons. The van der Waals surface area contributed by atoms with Crippen LogP contribution in [0.4, 0.5) is 0 Å². The maximum atomic E-state index is 12.5. The second-order valence-corrected chi connectivity index (χ2v) is 7.56. The third-order valence-electron chi connectivity index (χ3n) is 5.36. The Morgan fingerprint density at radius 3 is 2.52 bits per heavy atom. The van der Waals surface area contributed by atoms with E-state index in [1.807, 2.05) is 12.2 Å². The van der Waals surface area contributed by atoms with Crippen LogP contribution in [-0.2, 0) is 5.60 Å². The van der Waals surface area contributed by atoms with Crippen molar-refractivity contribution in [2.45, 2.75) is 57.7 Å². The highest BCUT2D eigenvalue weighted by Crippen LogP contribution is 2.41. The molecule has 7 nitrogen and oxygen atoms in total. The van der Waals surface area contributed by atoms with Gasteiger partial charge >= 0.3 is 0 Å². The lowest BCUT2D eigenvalue weighted by Gasteiger charge is -2.35. The average molecular weight is 403 g/mol. The van der Waals surface area contributed by atoms with E-state index in [1.165, 1.54) is 6.08 Å². The molecular formula is C22H29NO6. The predicted octanol–water partition coefficient (Wildman–Crippen LogP) is 2.81. The van der Waals surface area contributed by atoms with E-state index in [4.69, 9.17) is 0 Å². The Bertz CT molecular complexity index is 872. The number of aliphatic hydroxyl groups excluding tert-OH is 1.